The Hall–Kier alpha value is -2.15. The highest BCUT2D eigenvalue weighted by atomic mass is 35.5. The molecule has 126 valence electrons. The lowest BCUT2D eigenvalue weighted by atomic mass is 10.0. The van der Waals surface area contributed by atoms with Crippen LogP contribution in [0, 0.1) is 0 Å². The van der Waals surface area contributed by atoms with Gasteiger partial charge in [0.25, 0.3) is 5.91 Å². The Kier molecular flexibility index (Phi) is 5.20. The van der Waals surface area contributed by atoms with E-state index in [-0.39, 0.29) is 17.5 Å². The van der Waals surface area contributed by atoms with Gasteiger partial charge in [-0.15, -0.1) is 11.6 Å². The molecule has 4 N–H and O–H groups in total. The largest absolute Gasteiger partial charge is 0.504 e. The molecule has 0 spiro atoms. The van der Waals surface area contributed by atoms with E-state index in [2.05, 4.69) is 5.32 Å². The smallest absolute Gasteiger partial charge is 0.251 e. The minimum Gasteiger partial charge on any atom is -0.504 e. The van der Waals surface area contributed by atoms with Gasteiger partial charge in [0.05, 0.1) is 0 Å². The molecule has 1 saturated heterocycles. The van der Waals surface area contributed by atoms with Gasteiger partial charge in [-0.3, -0.25) is 9.59 Å². The molecule has 1 atom stereocenters. The maximum Gasteiger partial charge on any atom is 0.251 e. The highest BCUT2D eigenvalue weighted by molar-refractivity contribution is 6.30. The topological polar surface area (TPSA) is 110 Å². The number of hydrogen-bond acceptors (Lipinski definition) is 5. The quantitative estimate of drug-likeness (QED) is 0.486. The van der Waals surface area contributed by atoms with Crippen LogP contribution in [0.4, 0.5) is 0 Å². The van der Waals surface area contributed by atoms with Gasteiger partial charge in [0, 0.05) is 24.7 Å². The third-order valence-corrected chi connectivity index (χ3v) is 4.00. The molecular formula is C15H19ClN2O5. The Balaban J connectivity index is 1.94. The van der Waals surface area contributed by atoms with E-state index >= 15 is 0 Å². The summed E-state index contributed by atoms with van der Waals surface area (Å²) in [4.78, 5) is 25.6. The number of aromatic hydroxyl groups is 3. The molecule has 0 aromatic heterocycles. The number of nitrogens with zero attached hydrogens (tertiary/aromatic N) is 1. The molecule has 0 aliphatic carbocycles. The van der Waals surface area contributed by atoms with E-state index < -0.39 is 28.5 Å². The van der Waals surface area contributed by atoms with Crippen molar-refractivity contribution in [3.63, 3.8) is 0 Å². The number of halogens is 1. The van der Waals surface area contributed by atoms with Crippen LogP contribution in [0.1, 0.15) is 30.1 Å². The number of nitrogens with one attached hydrogen (secondary N) is 1. The van der Waals surface area contributed by atoms with Crippen molar-refractivity contribution in [3.8, 4) is 17.2 Å². The van der Waals surface area contributed by atoms with Crippen molar-refractivity contribution >= 4 is 23.4 Å². The summed E-state index contributed by atoms with van der Waals surface area (Å²) in [6, 6.07) is 2.05. The third kappa shape index (κ3) is 3.98. The van der Waals surface area contributed by atoms with Crippen molar-refractivity contribution in [2.24, 2.45) is 0 Å². The minimum atomic E-state index is -0.663. The van der Waals surface area contributed by atoms with Crippen LogP contribution in [-0.4, -0.2) is 56.5 Å². The molecule has 0 bridgehead atoms. The molecule has 7 nitrogen and oxygen atoms in total. The minimum absolute atomic E-state index is 0.0469. The summed E-state index contributed by atoms with van der Waals surface area (Å²) in [7, 11) is 0. The van der Waals surface area contributed by atoms with E-state index in [1.165, 1.54) is 0 Å². The fourth-order valence-electron chi connectivity index (χ4n) is 2.50. The highest BCUT2D eigenvalue weighted by Crippen LogP contribution is 2.35. The lowest BCUT2D eigenvalue weighted by Crippen LogP contribution is -2.48. The van der Waals surface area contributed by atoms with Crippen LogP contribution in [0.15, 0.2) is 12.1 Å². The van der Waals surface area contributed by atoms with Crippen LogP contribution < -0.4 is 5.32 Å². The van der Waals surface area contributed by atoms with Crippen LogP contribution in [0.2, 0.25) is 0 Å². The predicted octanol–water partition coefficient (Wildman–Crippen LogP) is 1.15. The Morgan fingerprint density at radius 3 is 2.22 bits per heavy atom. The van der Waals surface area contributed by atoms with Crippen LogP contribution >= 0.6 is 11.6 Å². The monoisotopic (exact) mass is 342 g/mol. The first-order chi connectivity index (χ1) is 10.8. The second-order valence-corrected chi connectivity index (χ2v) is 6.21. The molecule has 23 heavy (non-hydrogen) atoms. The first-order valence-electron chi connectivity index (χ1n) is 7.28. The molecule has 1 aliphatic heterocycles. The molecule has 1 unspecified atom stereocenters. The van der Waals surface area contributed by atoms with Crippen molar-refractivity contribution in [3.05, 3.63) is 17.7 Å². The number of carbonyl (C=O) groups is 2. The number of amides is 2. The molecule has 0 radical (unpaired) electrons. The molecule has 2 rings (SSSR count). The van der Waals surface area contributed by atoms with E-state index in [4.69, 9.17) is 11.6 Å². The van der Waals surface area contributed by atoms with Crippen LogP contribution in [0.25, 0.3) is 0 Å². The first kappa shape index (κ1) is 17.2. The van der Waals surface area contributed by atoms with Crippen LogP contribution in [-0.2, 0) is 4.79 Å². The lowest BCUT2D eigenvalue weighted by Gasteiger charge is -2.33. The number of phenols is 3. The fourth-order valence-corrected chi connectivity index (χ4v) is 2.64. The molecule has 1 aromatic carbocycles. The summed E-state index contributed by atoms with van der Waals surface area (Å²) in [6.45, 7) is 2.64. The van der Waals surface area contributed by atoms with E-state index in [9.17, 15) is 24.9 Å². The van der Waals surface area contributed by atoms with Crippen LogP contribution in [0.3, 0.4) is 0 Å². The number of rotatable bonds is 3. The number of likely N-dealkylation sites (tertiary alicyclic amines) is 1. The van der Waals surface area contributed by atoms with Gasteiger partial charge in [-0.2, -0.15) is 0 Å². The maximum absolute atomic E-state index is 12.1. The summed E-state index contributed by atoms with van der Waals surface area (Å²) in [5, 5.41) is 30.4. The lowest BCUT2D eigenvalue weighted by molar-refractivity contribution is -0.131. The Labute approximate surface area is 138 Å². The predicted molar refractivity (Wildman–Crippen MR) is 83.8 cm³/mol. The summed E-state index contributed by atoms with van der Waals surface area (Å²) in [6.07, 6.45) is 1.19. The third-order valence-electron chi connectivity index (χ3n) is 3.81. The van der Waals surface area contributed by atoms with Crippen molar-refractivity contribution in [1.82, 2.24) is 10.2 Å². The van der Waals surface area contributed by atoms with Crippen molar-refractivity contribution in [2.45, 2.75) is 31.2 Å². The van der Waals surface area contributed by atoms with Gasteiger partial charge in [-0.25, -0.2) is 0 Å². The van der Waals surface area contributed by atoms with E-state index in [1.807, 2.05) is 0 Å². The second kappa shape index (κ2) is 6.95. The molecule has 8 heteroatoms. The molecule has 2 amide bonds. The summed E-state index contributed by atoms with van der Waals surface area (Å²) < 4.78 is 0. The zero-order valence-corrected chi connectivity index (χ0v) is 13.4. The van der Waals surface area contributed by atoms with Gasteiger partial charge in [0.2, 0.25) is 5.91 Å². The normalized spacial score (nSPS) is 16.9. The zero-order valence-electron chi connectivity index (χ0n) is 12.6. The number of piperidine rings is 1. The van der Waals surface area contributed by atoms with Gasteiger partial charge in [0.1, 0.15) is 5.38 Å². The number of alkyl halides is 1. The van der Waals surface area contributed by atoms with Crippen molar-refractivity contribution < 1.29 is 24.9 Å². The van der Waals surface area contributed by atoms with E-state index in [1.54, 1.807) is 11.8 Å². The summed E-state index contributed by atoms with van der Waals surface area (Å²) in [5.74, 6) is -2.38. The number of phenolic OH excluding ortho intramolecular Hbond substituents is 3. The van der Waals surface area contributed by atoms with Gasteiger partial charge < -0.3 is 25.5 Å². The SMILES string of the molecule is CC(Cl)C(=O)N1CCC(NC(=O)c2cc(O)c(O)c(O)c2)CC1. The number of hydrogen-bond donors (Lipinski definition) is 4. The number of carbonyl (C=O) groups excluding carboxylic acids is 2. The first-order valence-corrected chi connectivity index (χ1v) is 7.72. The van der Waals surface area contributed by atoms with Gasteiger partial charge >= 0.3 is 0 Å². The molecular weight excluding hydrogens is 324 g/mol. The Morgan fingerprint density at radius 2 is 1.74 bits per heavy atom. The van der Waals surface area contributed by atoms with E-state index in [0.717, 1.165) is 12.1 Å². The van der Waals surface area contributed by atoms with Crippen molar-refractivity contribution in [1.29, 1.82) is 0 Å². The molecule has 1 heterocycles. The molecule has 0 saturated carbocycles. The Bertz CT molecular complexity index is 589. The Morgan fingerprint density at radius 1 is 1.22 bits per heavy atom. The van der Waals surface area contributed by atoms with E-state index in [0.29, 0.717) is 25.9 Å². The molecule has 1 aliphatic rings. The van der Waals surface area contributed by atoms with Crippen molar-refractivity contribution in [2.75, 3.05) is 13.1 Å². The molecule has 1 aromatic rings. The van der Waals surface area contributed by atoms with Gasteiger partial charge in [-0.1, -0.05) is 0 Å². The van der Waals surface area contributed by atoms with Crippen LogP contribution in [0.5, 0.6) is 17.2 Å². The maximum atomic E-state index is 12.1. The number of benzene rings is 1. The van der Waals surface area contributed by atoms with Gasteiger partial charge in [0.15, 0.2) is 17.2 Å². The second-order valence-electron chi connectivity index (χ2n) is 5.55. The molecule has 1 fully saturated rings. The highest BCUT2D eigenvalue weighted by Gasteiger charge is 2.26. The van der Waals surface area contributed by atoms with Gasteiger partial charge in [-0.05, 0) is 31.9 Å². The average Bonchev–Trinajstić information content (AvgIpc) is 2.52. The fraction of sp³-hybridized carbons (Fsp3) is 0.467. The standard InChI is InChI=1S/C15H19ClN2O5/c1-8(16)15(23)18-4-2-10(3-5-18)17-14(22)9-6-11(19)13(21)12(20)7-9/h6-8,10,19-21H,2-5H2,1H3,(H,17,22). The summed E-state index contributed by atoms with van der Waals surface area (Å²) in [5.41, 5.74) is 0.0469. The average molecular weight is 343 g/mol. The summed E-state index contributed by atoms with van der Waals surface area (Å²) >= 11 is 5.78. The zero-order chi connectivity index (χ0) is 17.1.